The fourth-order valence-corrected chi connectivity index (χ4v) is 5.00. The van der Waals surface area contributed by atoms with Crippen molar-refractivity contribution in [2.45, 2.75) is 31.6 Å². The lowest BCUT2D eigenvalue weighted by Gasteiger charge is -2.32. The number of benzene rings is 2. The predicted octanol–water partition coefficient (Wildman–Crippen LogP) is 5.03. The van der Waals surface area contributed by atoms with E-state index < -0.39 is 5.97 Å². The number of aromatic nitrogens is 2. The standard InChI is InChI=1S/C26H26N4O2/c27-14-20-15-28-24-5-3-17(12-21(20)24)2-1-9-30-10-7-18(8-11-30)23-16-29-25-6-4-19(26(31)32)13-22(23)25/h3-6,12-13,15-16,18,28-29H,1-2,7-11H2,(H,31,32). The minimum atomic E-state index is -0.881. The molecule has 6 heteroatoms. The van der Waals surface area contributed by atoms with Gasteiger partial charge in [0.05, 0.1) is 11.1 Å². The molecule has 0 aliphatic carbocycles. The van der Waals surface area contributed by atoms with Crippen LogP contribution in [0.1, 0.15) is 52.2 Å². The molecule has 6 nitrogen and oxygen atoms in total. The van der Waals surface area contributed by atoms with Gasteiger partial charge in [-0.1, -0.05) is 6.07 Å². The number of nitriles is 1. The van der Waals surface area contributed by atoms with Crippen molar-refractivity contribution in [2.24, 2.45) is 0 Å². The summed E-state index contributed by atoms with van der Waals surface area (Å²) >= 11 is 0. The average molecular weight is 427 g/mol. The first-order valence-corrected chi connectivity index (χ1v) is 11.2. The number of hydrogen-bond acceptors (Lipinski definition) is 3. The highest BCUT2D eigenvalue weighted by molar-refractivity contribution is 5.94. The Bertz CT molecular complexity index is 1320. The fraction of sp³-hybridized carbons (Fsp3) is 0.308. The zero-order chi connectivity index (χ0) is 22.1. The van der Waals surface area contributed by atoms with Gasteiger partial charge in [-0.05, 0) is 92.7 Å². The minimum Gasteiger partial charge on any atom is -0.478 e. The molecule has 3 N–H and O–H groups in total. The molecule has 2 aromatic carbocycles. The van der Waals surface area contributed by atoms with Crippen LogP contribution in [-0.2, 0) is 6.42 Å². The second kappa shape index (κ2) is 8.52. The number of aryl methyl sites for hydroxylation is 1. The minimum absolute atomic E-state index is 0.343. The summed E-state index contributed by atoms with van der Waals surface area (Å²) in [5, 5.41) is 20.6. The van der Waals surface area contributed by atoms with Gasteiger partial charge in [0.25, 0.3) is 0 Å². The number of aromatic amines is 2. The molecule has 0 radical (unpaired) electrons. The second-order valence-electron chi connectivity index (χ2n) is 8.72. The van der Waals surface area contributed by atoms with Gasteiger partial charge in [0.15, 0.2) is 0 Å². The van der Waals surface area contributed by atoms with Crippen molar-refractivity contribution in [2.75, 3.05) is 19.6 Å². The Hall–Kier alpha value is -3.56. The Morgan fingerprint density at radius 3 is 2.59 bits per heavy atom. The molecule has 5 rings (SSSR count). The lowest BCUT2D eigenvalue weighted by molar-refractivity contribution is 0.0697. The summed E-state index contributed by atoms with van der Waals surface area (Å²) in [5.41, 5.74) is 5.59. The number of rotatable bonds is 6. The normalized spacial score (nSPS) is 15.3. The molecule has 0 saturated carbocycles. The van der Waals surface area contributed by atoms with Crippen molar-refractivity contribution in [3.8, 4) is 6.07 Å². The van der Waals surface area contributed by atoms with E-state index in [0.29, 0.717) is 17.0 Å². The molecule has 32 heavy (non-hydrogen) atoms. The van der Waals surface area contributed by atoms with Gasteiger partial charge in [0.1, 0.15) is 6.07 Å². The zero-order valence-corrected chi connectivity index (χ0v) is 17.9. The van der Waals surface area contributed by atoms with Crippen LogP contribution in [0.2, 0.25) is 0 Å². The highest BCUT2D eigenvalue weighted by Crippen LogP contribution is 2.33. The Kier molecular flexibility index (Phi) is 5.42. The monoisotopic (exact) mass is 426 g/mol. The molecule has 0 spiro atoms. The first-order chi connectivity index (χ1) is 15.6. The van der Waals surface area contributed by atoms with E-state index in [4.69, 9.17) is 0 Å². The van der Waals surface area contributed by atoms with Crippen molar-refractivity contribution in [3.05, 3.63) is 71.0 Å². The summed E-state index contributed by atoms with van der Waals surface area (Å²) in [6, 6.07) is 13.9. The number of nitrogens with one attached hydrogen (secondary N) is 2. The number of fused-ring (bicyclic) bond motifs is 2. The van der Waals surface area contributed by atoms with E-state index in [1.54, 1.807) is 18.3 Å². The Labute approximate surface area is 186 Å². The Morgan fingerprint density at radius 1 is 1.06 bits per heavy atom. The number of likely N-dealkylation sites (tertiary alicyclic amines) is 1. The number of carbonyl (C=O) groups is 1. The Morgan fingerprint density at radius 2 is 1.81 bits per heavy atom. The van der Waals surface area contributed by atoms with E-state index in [9.17, 15) is 15.2 Å². The molecule has 0 bridgehead atoms. The highest BCUT2D eigenvalue weighted by atomic mass is 16.4. The number of aromatic carboxylic acids is 1. The maximum absolute atomic E-state index is 11.3. The van der Waals surface area contributed by atoms with Crippen LogP contribution >= 0.6 is 0 Å². The third-order valence-corrected chi connectivity index (χ3v) is 6.79. The maximum Gasteiger partial charge on any atom is 0.335 e. The molecule has 0 amide bonds. The molecule has 3 heterocycles. The summed E-state index contributed by atoms with van der Waals surface area (Å²) in [7, 11) is 0. The topological polar surface area (TPSA) is 95.9 Å². The molecule has 0 unspecified atom stereocenters. The predicted molar refractivity (Wildman–Crippen MR) is 125 cm³/mol. The molecule has 1 aliphatic rings. The van der Waals surface area contributed by atoms with Crippen LogP contribution in [0.4, 0.5) is 0 Å². The maximum atomic E-state index is 11.3. The number of H-pyrrole nitrogens is 2. The van der Waals surface area contributed by atoms with Gasteiger partial charge in [0, 0.05) is 34.2 Å². The summed E-state index contributed by atoms with van der Waals surface area (Å²) in [4.78, 5) is 20.3. The number of nitrogens with zero attached hydrogens (tertiary/aromatic N) is 2. The lowest BCUT2D eigenvalue weighted by Crippen LogP contribution is -2.33. The second-order valence-corrected chi connectivity index (χ2v) is 8.72. The lowest BCUT2D eigenvalue weighted by atomic mass is 9.88. The highest BCUT2D eigenvalue weighted by Gasteiger charge is 2.23. The van der Waals surface area contributed by atoms with E-state index in [0.717, 1.165) is 67.1 Å². The van der Waals surface area contributed by atoms with Gasteiger partial charge in [-0.25, -0.2) is 4.79 Å². The first-order valence-electron chi connectivity index (χ1n) is 11.2. The molecule has 0 atom stereocenters. The van der Waals surface area contributed by atoms with Crippen molar-refractivity contribution in [1.82, 2.24) is 14.9 Å². The number of carboxylic acid groups (broad SMARTS) is 1. The summed E-state index contributed by atoms with van der Waals surface area (Å²) in [5.74, 6) is -0.419. The van der Waals surface area contributed by atoms with Gasteiger partial charge >= 0.3 is 5.97 Å². The Balaban J connectivity index is 1.17. The zero-order valence-electron chi connectivity index (χ0n) is 17.9. The van der Waals surface area contributed by atoms with E-state index in [-0.39, 0.29) is 0 Å². The van der Waals surface area contributed by atoms with Crippen LogP contribution in [0.25, 0.3) is 21.8 Å². The molecule has 162 valence electrons. The molecule has 2 aromatic heterocycles. The van der Waals surface area contributed by atoms with Crippen LogP contribution in [0.5, 0.6) is 0 Å². The van der Waals surface area contributed by atoms with Crippen LogP contribution < -0.4 is 0 Å². The van der Waals surface area contributed by atoms with Crippen molar-refractivity contribution < 1.29 is 9.90 Å². The van der Waals surface area contributed by atoms with E-state index in [2.05, 4.69) is 45.3 Å². The number of piperidine rings is 1. The largest absolute Gasteiger partial charge is 0.478 e. The molecule has 4 aromatic rings. The van der Waals surface area contributed by atoms with E-state index >= 15 is 0 Å². The number of hydrogen-bond donors (Lipinski definition) is 3. The molecule has 1 fully saturated rings. The van der Waals surface area contributed by atoms with Crippen molar-refractivity contribution >= 4 is 27.8 Å². The fourth-order valence-electron chi connectivity index (χ4n) is 5.00. The van der Waals surface area contributed by atoms with Gasteiger partial charge in [-0.2, -0.15) is 5.26 Å². The number of carboxylic acids is 1. The third-order valence-electron chi connectivity index (χ3n) is 6.79. The van der Waals surface area contributed by atoms with Gasteiger partial charge in [0.2, 0.25) is 0 Å². The van der Waals surface area contributed by atoms with Gasteiger partial charge in [-0.3, -0.25) is 0 Å². The van der Waals surface area contributed by atoms with Crippen LogP contribution in [0.15, 0.2) is 48.8 Å². The van der Waals surface area contributed by atoms with Crippen LogP contribution in [-0.4, -0.2) is 45.6 Å². The molecule has 1 aliphatic heterocycles. The van der Waals surface area contributed by atoms with Gasteiger partial charge < -0.3 is 20.0 Å². The third kappa shape index (κ3) is 3.88. The summed E-state index contributed by atoms with van der Waals surface area (Å²) in [6.07, 6.45) is 8.11. The first kappa shape index (κ1) is 20.3. The quantitative estimate of drug-likeness (QED) is 0.403. The molecular formula is C26H26N4O2. The average Bonchev–Trinajstić information content (AvgIpc) is 3.42. The van der Waals surface area contributed by atoms with E-state index in [1.807, 2.05) is 6.07 Å². The van der Waals surface area contributed by atoms with Crippen LogP contribution in [0, 0.1) is 11.3 Å². The molecule has 1 saturated heterocycles. The smallest absolute Gasteiger partial charge is 0.335 e. The van der Waals surface area contributed by atoms with Crippen molar-refractivity contribution in [1.29, 1.82) is 5.26 Å². The van der Waals surface area contributed by atoms with Crippen LogP contribution in [0.3, 0.4) is 0 Å². The van der Waals surface area contributed by atoms with Gasteiger partial charge in [-0.15, -0.1) is 0 Å². The SMILES string of the molecule is N#Cc1c[nH]c2ccc(CCCN3CCC(c4c[nH]c5ccc(C(=O)O)cc45)CC3)cc12. The van der Waals surface area contributed by atoms with E-state index in [1.165, 1.54) is 11.1 Å². The summed E-state index contributed by atoms with van der Waals surface area (Å²) in [6.45, 7) is 3.19. The summed E-state index contributed by atoms with van der Waals surface area (Å²) < 4.78 is 0. The van der Waals surface area contributed by atoms with Crippen molar-refractivity contribution in [3.63, 3.8) is 0 Å². The molecular weight excluding hydrogens is 400 g/mol.